The molecule has 4 rings (SSSR count). The van der Waals surface area contributed by atoms with E-state index in [1.807, 2.05) is 26.0 Å². The van der Waals surface area contributed by atoms with Crippen molar-refractivity contribution in [1.29, 1.82) is 0 Å². The van der Waals surface area contributed by atoms with Gasteiger partial charge in [-0.1, -0.05) is 24.1 Å². The Bertz CT molecular complexity index is 1440. The quantitative estimate of drug-likeness (QED) is 0.558. The largest absolute Gasteiger partial charge is 0.351 e. The fraction of sp³-hybridized carbons (Fsp3) is 0.346. The number of nitrogens with zero attached hydrogens (tertiary/aromatic N) is 2. The normalized spacial score (nSPS) is 17.4. The molecule has 3 heterocycles. The molecule has 3 aromatic rings. The number of carbonyl (C=O) groups is 1. The summed E-state index contributed by atoms with van der Waals surface area (Å²) in [6.07, 6.45) is 2.23. The first-order valence-electron chi connectivity index (χ1n) is 11.5. The van der Waals surface area contributed by atoms with E-state index >= 15 is 0 Å². The predicted octanol–water partition coefficient (Wildman–Crippen LogP) is 3.80. The number of H-pyrrole nitrogens is 1. The van der Waals surface area contributed by atoms with Crippen LogP contribution in [0.3, 0.4) is 0 Å². The van der Waals surface area contributed by atoms with Gasteiger partial charge in [0.25, 0.3) is 21.5 Å². The van der Waals surface area contributed by atoms with Crippen LogP contribution in [0.5, 0.6) is 0 Å². The van der Waals surface area contributed by atoms with Crippen molar-refractivity contribution in [1.82, 2.24) is 14.7 Å². The number of sulfonamides is 1. The van der Waals surface area contributed by atoms with Gasteiger partial charge in [0, 0.05) is 23.8 Å². The molecular weight excluding hydrogens is 464 g/mol. The van der Waals surface area contributed by atoms with Crippen LogP contribution in [-0.2, 0) is 10.0 Å². The van der Waals surface area contributed by atoms with Crippen LogP contribution in [0.2, 0.25) is 0 Å². The van der Waals surface area contributed by atoms with Crippen molar-refractivity contribution in [2.75, 3.05) is 11.4 Å². The number of aryl methyl sites for hydroxylation is 2. The van der Waals surface area contributed by atoms with Crippen molar-refractivity contribution in [3.05, 3.63) is 75.7 Å². The van der Waals surface area contributed by atoms with Gasteiger partial charge < -0.3 is 9.88 Å². The third-order valence-corrected chi connectivity index (χ3v) is 7.62. The highest BCUT2D eigenvalue weighted by atomic mass is 32.2. The summed E-state index contributed by atoms with van der Waals surface area (Å²) in [5.41, 5.74) is 2.86. The summed E-state index contributed by atoms with van der Waals surface area (Å²) < 4.78 is 27.7. The first-order valence-corrected chi connectivity index (χ1v) is 13.0. The Labute approximate surface area is 205 Å². The van der Waals surface area contributed by atoms with Gasteiger partial charge in [0.2, 0.25) is 0 Å². The van der Waals surface area contributed by atoms with Crippen LogP contribution in [0.15, 0.2) is 58.4 Å². The average molecular weight is 495 g/mol. The molecule has 2 aromatic heterocycles. The molecule has 1 aliphatic rings. The van der Waals surface area contributed by atoms with Gasteiger partial charge in [-0.25, -0.2) is 18.1 Å². The van der Waals surface area contributed by atoms with Crippen LogP contribution < -0.4 is 15.2 Å². The minimum atomic E-state index is -4.38. The second-order valence-electron chi connectivity index (χ2n) is 9.97. The van der Waals surface area contributed by atoms with Gasteiger partial charge in [-0.3, -0.25) is 9.59 Å². The standard InChI is InChI=1S/C26H30N4O4S/c1-16-11-17(2)13-19(12-16)21-9-8-20(23(28-21)30-15-18(3)14-26(30,4)5)24(31)29-35(33,34)22-7-6-10-27-25(22)32/h6-13,18H,14-15H2,1-5H3,(H,27,32)(H,29,31)/t18-/m0/s1. The highest BCUT2D eigenvalue weighted by molar-refractivity contribution is 7.90. The predicted molar refractivity (Wildman–Crippen MR) is 136 cm³/mol. The Kier molecular flexibility index (Phi) is 6.31. The van der Waals surface area contributed by atoms with E-state index in [4.69, 9.17) is 4.98 Å². The molecule has 0 unspecified atom stereocenters. The number of aromatic nitrogens is 2. The number of rotatable bonds is 5. The zero-order chi connectivity index (χ0) is 25.5. The Morgan fingerprint density at radius 1 is 1.14 bits per heavy atom. The molecule has 0 aliphatic carbocycles. The molecule has 0 radical (unpaired) electrons. The topological polar surface area (TPSA) is 112 Å². The lowest BCUT2D eigenvalue weighted by molar-refractivity contribution is 0.0981. The number of anilines is 1. The van der Waals surface area contributed by atoms with E-state index in [9.17, 15) is 18.0 Å². The van der Waals surface area contributed by atoms with E-state index in [2.05, 4.69) is 41.4 Å². The molecule has 0 saturated carbocycles. The Balaban J connectivity index is 1.81. The van der Waals surface area contributed by atoms with Crippen molar-refractivity contribution in [3.8, 4) is 11.3 Å². The van der Waals surface area contributed by atoms with Gasteiger partial charge in [-0.2, -0.15) is 0 Å². The maximum atomic E-state index is 13.3. The number of hydrogen-bond acceptors (Lipinski definition) is 6. The van der Waals surface area contributed by atoms with E-state index in [0.29, 0.717) is 24.0 Å². The molecule has 8 nitrogen and oxygen atoms in total. The third kappa shape index (κ3) is 5.00. The number of benzene rings is 1. The van der Waals surface area contributed by atoms with Gasteiger partial charge >= 0.3 is 0 Å². The SMILES string of the molecule is Cc1cc(C)cc(-c2ccc(C(=O)NS(=O)(=O)c3ccc[nH]c3=O)c(N3C[C@@H](C)CC3(C)C)n2)c1. The summed E-state index contributed by atoms with van der Waals surface area (Å²) in [5.74, 6) is -0.0389. The van der Waals surface area contributed by atoms with Crippen molar-refractivity contribution in [3.63, 3.8) is 0 Å². The van der Waals surface area contributed by atoms with Gasteiger partial charge in [-0.15, -0.1) is 0 Å². The summed E-state index contributed by atoms with van der Waals surface area (Å²) in [7, 11) is -4.38. The molecule has 0 spiro atoms. The van der Waals surface area contributed by atoms with Crippen LogP contribution in [0, 0.1) is 19.8 Å². The molecule has 9 heteroatoms. The van der Waals surface area contributed by atoms with Crippen LogP contribution in [0.25, 0.3) is 11.3 Å². The lowest BCUT2D eigenvalue weighted by atomic mass is 9.97. The first-order chi connectivity index (χ1) is 16.4. The highest BCUT2D eigenvalue weighted by Crippen LogP contribution is 2.38. The second kappa shape index (κ2) is 8.96. The highest BCUT2D eigenvalue weighted by Gasteiger charge is 2.39. The molecule has 1 aliphatic heterocycles. The molecule has 1 aromatic carbocycles. The van der Waals surface area contributed by atoms with E-state index < -0.39 is 26.4 Å². The van der Waals surface area contributed by atoms with Crippen molar-refractivity contribution in [2.45, 2.75) is 51.5 Å². The zero-order valence-corrected chi connectivity index (χ0v) is 21.4. The summed E-state index contributed by atoms with van der Waals surface area (Å²) in [6, 6.07) is 12.0. The molecule has 1 amide bonds. The van der Waals surface area contributed by atoms with Crippen LogP contribution in [0.1, 0.15) is 48.7 Å². The van der Waals surface area contributed by atoms with Gasteiger partial charge in [0.15, 0.2) is 4.90 Å². The number of amides is 1. The Morgan fingerprint density at radius 2 is 1.83 bits per heavy atom. The molecule has 184 valence electrons. The second-order valence-corrected chi connectivity index (χ2v) is 11.6. The fourth-order valence-electron chi connectivity index (χ4n) is 4.92. The molecule has 1 saturated heterocycles. The summed E-state index contributed by atoms with van der Waals surface area (Å²) in [4.78, 5) is 34.1. The number of carbonyl (C=O) groups excluding carboxylic acids is 1. The van der Waals surface area contributed by atoms with E-state index in [0.717, 1.165) is 29.2 Å². The van der Waals surface area contributed by atoms with E-state index in [1.165, 1.54) is 12.3 Å². The third-order valence-electron chi connectivity index (χ3n) is 6.26. The molecule has 35 heavy (non-hydrogen) atoms. The van der Waals surface area contributed by atoms with Crippen molar-refractivity contribution in [2.24, 2.45) is 5.92 Å². The van der Waals surface area contributed by atoms with E-state index in [1.54, 1.807) is 12.1 Å². The van der Waals surface area contributed by atoms with Gasteiger partial charge in [0.05, 0.1) is 11.3 Å². The summed E-state index contributed by atoms with van der Waals surface area (Å²) in [5, 5.41) is 0. The van der Waals surface area contributed by atoms with Crippen LogP contribution in [-0.4, -0.2) is 36.4 Å². The van der Waals surface area contributed by atoms with E-state index in [-0.39, 0.29) is 11.1 Å². The summed E-state index contributed by atoms with van der Waals surface area (Å²) in [6.45, 7) is 11.0. The fourth-order valence-corrected chi connectivity index (χ4v) is 5.95. The number of aromatic amines is 1. The molecular formula is C26H30N4O4S. The van der Waals surface area contributed by atoms with Gasteiger partial charge in [-0.05, 0) is 76.4 Å². The lowest BCUT2D eigenvalue weighted by Gasteiger charge is -2.34. The zero-order valence-electron chi connectivity index (χ0n) is 20.5. The molecule has 2 N–H and O–H groups in total. The minimum Gasteiger partial charge on any atom is -0.351 e. The number of hydrogen-bond donors (Lipinski definition) is 2. The maximum absolute atomic E-state index is 13.3. The van der Waals surface area contributed by atoms with Crippen molar-refractivity contribution >= 4 is 21.7 Å². The van der Waals surface area contributed by atoms with Crippen LogP contribution >= 0.6 is 0 Å². The first kappa shape index (κ1) is 24.7. The Morgan fingerprint density at radius 3 is 2.43 bits per heavy atom. The molecule has 1 fully saturated rings. The maximum Gasteiger partial charge on any atom is 0.269 e. The molecule has 0 bridgehead atoms. The van der Waals surface area contributed by atoms with Crippen molar-refractivity contribution < 1.29 is 13.2 Å². The lowest BCUT2D eigenvalue weighted by Crippen LogP contribution is -2.41. The minimum absolute atomic E-state index is 0.135. The van der Waals surface area contributed by atoms with Crippen LogP contribution in [0.4, 0.5) is 5.82 Å². The number of nitrogens with one attached hydrogen (secondary N) is 2. The average Bonchev–Trinajstić information content (AvgIpc) is 3.04. The molecule has 1 atom stereocenters. The monoisotopic (exact) mass is 494 g/mol. The smallest absolute Gasteiger partial charge is 0.269 e. The summed E-state index contributed by atoms with van der Waals surface area (Å²) >= 11 is 0. The number of pyridine rings is 2. The van der Waals surface area contributed by atoms with Gasteiger partial charge in [0.1, 0.15) is 5.82 Å². The Hall–Kier alpha value is -3.46.